The Morgan fingerprint density at radius 1 is 0.581 bits per heavy atom. The van der Waals surface area contributed by atoms with E-state index in [0.717, 1.165) is 26.2 Å². The van der Waals surface area contributed by atoms with Crippen LogP contribution >= 0.6 is 0 Å². The molecule has 0 heterocycles. The van der Waals surface area contributed by atoms with Gasteiger partial charge in [0.05, 0.1) is 0 Å². The highest BCUT2D eigenvalue weighted by Gasteiger charge is 2.21. The largest absolute Gasteiger partial charge is 0.372 e. The molecule has 0 atom stereocenters. The number of hydrogen-bond donors (Lipinski definition) is 0. The fourth-order valence-electron chi connectivity index (χ4n) is 4.71. The van der Waals surface area contributed by atoms with Crippen molar-refractivity contribution in [1.82, 2.24) is 0 Å². The highest BCUT2D eigenvalue weighted by molar-refractivity contribution is 5.58. The second-order valence-corrected chi connectivity index (χ2v) is 8.27. The first-order chi connectivity index (χ1) is 15.0. The molecule has 0 N–H and O–H groups in total. The molecule has 0 spiro atoms. The Labute approximate surface area is 189 Å². The molecular formula is C29H38N2. The van der Waals surface area contributed by atoms with Crippen LogP contribution in [0.4, 0.5) is 11.4 Å². The van der Waals surface area contributed by atoms with Gasteiger partial charge in [-0.15, -0.1) is 0 Å². The molecule has 0 aliphatic heterocycles. The third-order valence-electron chi connectivity index (χ3n) is 6.52. The van der Waals surface area contributed by atoms with E-state index in [4.69, 9.17) is 0 Å². The van der Waals surface area contributed by atoms with Crippen LogP contribution in [0, 0.1) is 13.8 Å². The minimum Gasteiger partial charge on any atom is -0.372 e. The molecule has 0 aromatic heterocycles. The average Bonchev–Trinajstić information content (AvgIpc) is 2.79. The van der Waals surface area contributed by atoms with E-state index in [2.05, 4.69) is 118 Å². The van der Waals surface area contributed by atoms with Crippen LogP contribution in [0.25, 0.3) is 0 Å². The van der Waals surface area contributed by atoms with Gasteiger partial charge in [-0.25, -0.2) is 0 Å². The van der Waals surface area contributed by atoms with Crippen LogP contribution in [-0.2, 0) is 0 Å². The first-order valence-corrected chi connectivity index (χ1v) is 11.8. The third-order valence-corrected chi connectivity index (χ3v) is 6.52. The Hall–Kier alpha value is -2.74. The van der Waals surface area contributed by atoms with Crippen molar-refractivity contribution in [2.75, 3.05) is 36.0 Å². The molecule has 0 fully saturated rings. The normalized spacial score (nSPS) is 11.1. The van der Waals surface area contributed by atoms with Gasteiger partial charge in [-0.3, -0.25) is 0 Å². The van der Waals surface area contributed by atoms with E-state index >= 15 is 0 Å². The molecule has 0 aliphatic rings. The number of anilines is 2. The van der Waals surface area contributed by atoms with Crippen molar-refractivity contribution in [3.05, 3.63) is 94.5 Å². The molecule has 2 heteroatoms. The molecule has 164 valence electrons. The van der Waals surface area contributed by atoms with E-state index in [1.54, 1.807) is 0 Å². The van der Waals surface area contributed by atoms with Crippen LogP contribution in [-0.4, -0.2) is 26.2 Å². The first kappa shape index (κ1) is 22.9. The van der Waals surface area contributed by atoms with Gasteiger partial charge in [0, 0.05) is 43.5 Å². The lowest BCUT2D eigenvalue weighted by atomic mass is 9.81. The molecule has 0 unspecified atom stereocenters. The fourth-order valence-corrected chi connectivity index (χ4v) is 4.71. The molecule has 3 aromatic carbocycles. The Kier molecular flexibility index (Phi) is 7.79. The molecule has 0 bridgehead atoms. The van der Waals surface area contributed by atoms with Crippen LogP contribution in [0.15, 0.2) is 66.7 Å². The Balaban J connectivity index is 2.11. The Morgan fingerprint density at radius 3 is 1.35 bits per heavy atom. The summed E-state index contributed by atoms with van der Waals surface area (Å²) in [4.78, 5) is 4.83. The summed E-state index contributed by atoms with van der Waals surface area (Å²) in [6.45, 7) is 17.5. The zero-order valence-electron chi connectivity index (χ0n) is 20.2. The maximum Gasteiger partial charge on any atom is 0.0368 e. The standard InChI is InChI=1S/C29H38N2/c1-7-30(8-2)25-16-18-27(22(5)20-25)29(24-14-12-11-13-15-24)28-19-17-26(21-23(28)6)31(9-3)10-4/h11-21,29H,7-10H2,1-6H3. The van der Waals surface area contributed by atoms with Crippen LogP contribution < -0.4 is 9.80 Å². The molecule has 0 radical (unpaired) electrons. The van der Waals surface area contributed by atoms with Gasteiger partial charge < -0.3 is 9.80 Å². The van der Waals surface area contributed by atoms with Gasteiger partial charge in [-0.2, -0.15) is 0 Å². The van der Waals surface area contributed by atoms with Crippen LogP contribution in [0.3, 0.4) is 0 Å². The minimum atomic E-state index is 0.234. The number of aryl methyl sites for hydroxylation is 2. The van der Waals surface area contributed by atoms with E-state index in [-0.39, 0.29) is 5.92 Å². The van der Waals surface area contributed by atoms with Gasteiger partial charge in [0.15, 0.2) is 0 Å². The summed E-state index contributed by atoms with van der Waals surface area (Å²) >= 11 is 0. The number of nitrogens with zero attached hydrogens (tertiary/aromatic N) is 2. The predicted molar refractivity (Wildman–Crippen MR) is 137 cm³/mol. The zero-order chi connectivity index (χ0) is 22.4. The number of hydrogen-bond acceptors (Lipinski definition) is 2. The lowest BCUT2D eigenvalue weighted by Gasteiger charge is -2.27. The van der Waals surface area contributed by atoms with E-state index in [9.17, 15) is 0 Å². The molecule has 0 amide bonds. The van der Waals surface area contributed by atoms with Gasteiger partial charge in [-0.05, 0) is 93.6 Å². The van der Waals surface area contributed by atoms with E-state index in [0.29, 0.717) is 0 Å². The highest BCUT2D eigenvalue weighted by Crippen LogP contribution is 2.37. The van der Waals surface area contributed by atoms with E-state index in [1.807, 2.05) is 0 Å². The quantitative estimate of drug-likeness (QED) is 0.342. The maximum absolute atomic E-state index is 2.42. The van der Waals surface area contributed by atoms with Crippen molar-refractivity contribution in [1.29, 1.82) is 0 Å². The molecular weight excluding hydrogens is 376 g/mol. The van der Waals surface area contributed by atoms with E-state index < -0.39 is 0 Å². The summed E-state index contributed by atoms with van der Waals surface area (Å²) in [5, 5.41) is 0. The molecule has 2 nitrogen and oxygen atoms in total. The maximum atomic E-state index is 2.42. The summed E-state index contributed by atoms with van der Waals surface area (Å²) < 4.78 is 0. The molecule has 3 aromatic rings. The van der Waals surface area contributed by atoms with Crippen molar-refractivity contribution in [3.8, 4) is 0 Å². The SMILES string of the molecule is CCN(CC)c1ccc(C(c2ccccc2)c2ccc(N(CC)CC)cc2C)c(C)c1. The van der Waals surface area contributed by atoms with Gasteiger partial charge in [-0.1, -0.05) is 42.5 Å². The van der Waals surface area contributed by atoms with E-state index in [1.165, 1.54) is 39.2 Å². The summed E-state index contributed by atoms with van der Waals surface area (Å²) in [5.74, 6) is 0.234. The topological polar surface area (TPSA) is 6.48 Å². The van der Waals surface area contributed by atoms with Crippen molar-refractivity contribution in [3.63, 3.8) is 0 Å². The second-order valence-electron chi connectivity index (χ2n) is 8.27. The lowest BCUT2D eigenvalue weighted by Crippen LogP contribution is -2.22. The molecule has 0 aliphatic carbocycles. The smallest absolute Gasteiger partial charge is 0.0368 e. The summed E-state index contributed by atoms with van der Waals surface area (Å²) in [7, 11) is 0. The lowest BCUT2D eigenvalue weighted by molar-refractivity contribution is 0.859. The summed E-state index contributed by atoms with van der Waals surface area (Å²) in [6.07, 6.45) is 0. The minimum absolute atomic E-state index is 0.234. The number of benzene rings is 3. The summed E-state index contributed by atoms with van der Waals surface area (Å²) in [5.41, 5.74) is 9.45. The molecule has 0 saturated carbocycles. The van der Waals surface area contributed by atoms with Gasteiger partial charge in [0.1, 0.15) is 0 Å². The summed E-state index contributed by atoms with van der Waals surface area (Å²) in [6, 6.07) is 24.9. The van der Waals surface area contributed by atoms with Crippen LogP contribution in [0.5, 0.6) is 0 Å². The van der Waals surface area contributed by atoms with Gasteiger partial charge in [0.25, 0.3) is 0 Å². The van der Waals surface area contributed by atoms with Crippen LogP contribution in [0.1, 0.15) is 61.4 Å². The van der Waals surface area contributed by atoms with Crippen molar-refractivity contribution in [2.24, 2.45) is 0 Å². The predicted octanol–water partition coefficient (Wildman–Crippen LogP) is 7.18. The van der Waals surface area contributed by atoms with Gasteiger partial charge >= 0.3 is 0 Å². The van der Waals surface area contributed by atoms with Crippen LogP contribution in [0.2, 0.25) is 0 Å². The third kappa shape index (κ3) is 4.95. The Morgan fingerprint density at radius 2 is 1.00 bits per heavy atom. The molecule has 0 saturated heterocycles. The average molecular weight is 415 g/mol. The van der Waals surface area contributed by atoms with Gasteiger partial charge in [0.2, 0.25) is 0 Å². The van der Waals surface area contributed by atoms with Crippen molar-refractivity contribution >= 4 is 11.4 Å². The highest BCUT2D eigenvalue weighted by atomic mass is 15.1. The first-order valence-electron chi connectivity index (χ1n) is 11.8. The fraction of sp³-hybridized carbons (Fsp3) is 0.379. The molecule has 31 heavy (non-hydrogen) atoms. The zero-order valence-corrected chi connectivity index (χ0v) is 20.2. The van der Waals surface area contributed by atoms with Crippen molar-refractivity contribution in [2.45, 2.75) is 47.5 Å². The number of rotatable bonds is 9. The molecule has 3 rings (SSSR count). The Bertz CT molecular complexity index is 908. The second kappa shape index (κ2) is 10.5. The van der Waals surface area contributed by atoms with Crippen molar-refractivity contribution < 1.29 is 0 Å². The monoisotopic (exact) mass is 414 g/mol.